The molecule has 0 bridgehead atoms. The molecule has 3 rings (SSSR count). The average molecular weight is 265 g/mol. The lowest BCUT2D eigenvalue weighted by atomic mass is 9.95. The van der Waals surface area contributed by atoms with Crippen molar-refractivity contribution < 1.29 is 4.79 Å². The van der Waals surface area contributed by atoms with Crippen molar-refractivity contribution in [3.63, 3.8) is 0 Å². The van der Waals surface area contributed by atoms with Crippen LogP contribution < -0.4 is 11.1 Å². The van der Waals surface area contributed by atoms with Crippen LogP contribution in [0, 0.1) is 5.92 Å². The number of aromatic amines is 1. The van der Waals surface area contributed by atoms with Crippen LogP contribution >= 0.6 is 11.6 Å². The van der Waals surface area contributed by atoms with Crippen LogP contribution in [0.1, 0.15) is 11.1 Å². The molecule has 1 aliphatic rings. The number of H-pyrrole nitrogens is 1. The molecule has 1 unspecified atom stereocenters. The Labute approximate surface area is 109 Å². The monoisotopic (exact) mass is 264 g/mol. The fraction of sp³-hybridized carbons (Fsp3) is 0.333. The van der Waals surface area contributed by atoms with E-state index in [4.69, 9.17) is 17.3 Å². The van der Waals surface area contributed by atoms with Crippen molar-refractivity contribution in [2.24, 2.45) is 11.7 Å². The number of fused-ring (bicyclic) bond motifs is 3. The summed E-state index contributed by atoms with van der Waals surface area (Å²) in [6.07, 6.45) is 2.37. The standard InChI is InChI=1S/C12H13ClN4O/c13-10-2-6-1-7(3-14)12(18)15-4-8(6)9-5-16-17-11(9)10/h2,5,7H,1,3-4,14H2,(H,15,18)(H,16,17). The van der Waals surface area contributed by atoms with Crippen LogP contribution in [0.3, 0.4) is 0 Å². The Bertz CT molecular complexity index is 622. The van der Waals surface area contributed by atoms with Gasteiger partial charge in [-0.3, -0.25) is 9.89 Å². The summed E-state index contributed by atoms with van der Waals surface area (Å²) in [5.74, 6) is -0.187. The van der Waals surface area contributed by atoms with Gasteiger partial charge < -0.3 is 11.1 Å². The fourth-order valence-electron chi connectivity index (χ4n) is 2.44. The van der Waals surface area contributed by atoms with Gasteiger partial charge in [0.2, 0.25) is 5.91 Å². The molecule has 0 aliphatic carbocycles. The Hall–Kier alpha value is -1.59. The summed E-state index contributed by atoms with van der Waals surface area (Å²) in [4.78, 5) is 11.8. The van der Waals surface area contributed by atoms with Crippen LogP contribution in [-0.2, 0) is 17.8 Å². The zero-order valence-electron chi connectivity index (χ0n) is 9.66. The Balaban J connectivity index is 2.18. The first-order valence-electron chi connectivity index (χ1n) is 5.82. The average Bonchev–Trinajstić information content (AvgIpc) is 2.79. The third kappa shape index (κ3) is 1.67. The number of benzene rings is 1. The number of hydrogen-bond acceptors (Lipinski definition) is 3. The highest BCUT2D eigenvalue weighted by Crippen LogP contribution is 2.30. The molecule has 1 aromatic carbocycles. The van der Waals surface area contributed by atoms with E-state index in [0.29, 0.717) is 24.5 Å². The highest BCUT2D eigenvalue weighted by molar-refractivity contribution is 6.35. The zero-order chi connectivity index (χ0) is 12.7. The summed E-state index contributed by atoms with van der Waals surface area (Å²) in [7, 11) is 0. The number of aromatic nitrogens is 2. The quantitative estimate of drug-likeness (QED) is 0.717. The van der Waals surface area contributed by atoms with E-state index >= 15 is 0 Å². The van der Waals surface area contributed by atoms with Gasteiger partial charge in [-0.1, -0.05) is 11.6 Å². The topological polar surface area (TPSA) is 83.8 Å². The van der Waals surface area contributed by atoms with E-state index in [2.05, 4.69) is 15.5 Å². The summed E-state index contributed by atoms with van der Waals surface area (Å²) in [6.45, 7) is 0.837. The van der Waals surface area contributed by atoms with Gasteiger partial charge in [-0.15, -0.1) is 0 Å². The Morgan fingerprint density at radius 3 is 3.17 bits per heavy atom. The first kappa shape index (κ1) is 11.5. The minimum absolute atomic E-state index is 0.00136. The zero-order valence-corrected chi connectivity index (χ0v) is 10.4. The van der Waals surface area contributed by atoms with E-state index in [9.17, 15) is 4.79 Å². The lowest BCUT2D eigenvalue weighted by Gasteiger charge is -2.10. The summed E-state index contributed by atoms with van der Waals surface area (Å²) in [6, 6.07) is 1.90. The molecule has 1 atom stereocenters. The van der Waals surface area contributed by atoms with Gasteiger partial charge in [-0.25, -0.2) is 0 Å². The molecule has 94 valence electrons. The third-order valence-electron chi connectivity index (χ3n) is 3.45. The highest BCUT2D eigenvalue weighted by atomic mass is 35.5. The minimum atomic E-state index is -0.188. The maximum Gasteiger partial charge on any atom is 0.224 e. The maximum absolute atomic E-state index is 11.8. The molecule has 0 spiro atoms. The van der Waals surface area contributed by atoms with Crippen LogP contribution in [0.15, 0.2) is 12.3 Å². The summed E-state index contributed by atoms with van der Waals surface area (Å²) in [5, 5.41) is 11.4. The lowest BCUT2D eigenvalue weighted by Crippen LogP contribution is -2.33. The van der Waals surface area contributed by atoms with Gasteiger partial charge in [0.25, 0.3) is 0 Å². The number of nitrogens with zero attached hydrogens (tertiary/aromatic N) is 1. The van der Waals surface area contributed by atoms with Gasteiger partial charge in [-0.05, 0) is 23.6 Å². The van der Waals surface area contributed by atoms with E-state index in [0.717, 1.165) is 22.0 Å². The number of carbonyl (C=O) groups is 1. The minimum Gasteiger partial charge on any atom is -0.352 e. The Morgan fingerprint density at radius 2 is 2.39 bits per heavy atom. The van der Waals surface area contributed by atoms with Crippen LogP contribution in [0.2, 0.25) is 5.02 Å². The van der Waals surface area contributed by atoms with Crippen LogP contribution in [0.25, 0.3) is 10.9 Å². The number of nitrogens with one attached hydrogen (secondary N) is 2. The normalized spacial score (nSPS) is 19.4. The lowest BCUT2D eigenvalue weighted by molar-refractivity contribution is -0.124. The molecule has 5 nitrogen and oxygen atoms in total. The smallest absolute Gasteiger partial charge is 0.224 e. The number of amides is 1. The molecule has 1 aromatic heterocycles. The summed E-state index contributed by atoms with van der Waals surface area (Å²) >= 11 is 6.21. The molecule has 0 fully saturated rings. The first-order valence-corrected chi connectivity index (χ1v) is 6.19. The van der Waals surface area contributed by atoms with Crippen LogP contribution in [0.5, 0.6) is 0 Å². The Morgan fingerprint density at radius 1 is 1.56 bits per heavy atom. The highest BCUT2D eigenvalue weighted by Gasteiger charge is 2.24. The number of halogens is 1. The second-order valence-electron chi connectivity index (χ2n) is 4.51. The van der Waals surface area contributed by atoms with E-state index in [1.54, 1.807) is 6.20 Å². The summed E-state index contributed by atoms with van der Waals surface area (Å²) < 4.78 is 0. The largest absolute Gasteiger partial charge is 0.352 e. The molecular formula is C12H13ClN4O. The van der Waals surface area contributed by atoms with Gasteiger partial charge in [0, 0.05) is 18.5 Å². The SMILES string of the molecule is NCC1Cc2cc(Cl)c3[nH]ncc3c2CNC1=O. The van der Waals surface area contributed by atoms with Crippen LogP contribution in [-0.4, -0.2) is 22.6 Å². The number of hydrogen-bond donors (Lipinski definition) is 3. The van der Waals surface area contributed by atoms with Crippen molar-refractivity contribution in [1.29, 1.82) is 0 Å². The number of carbonyl (C=O) groups excluding carboxylic acids is 1. The fourth-order valence-corrected chi connectivity index (χ4v) is 2.72. The van der Waals surface area contributed by atoms with Crippen molar-refractivity contribution in [1.82, 2.24) is 15.5 Å². The first-order chi connectivity index (χ1) is 8.70. The van der Waals surface area contributed by atoms with E-state index in [1.807, 2.05) is 6.07 Å². The van der Waals surface area contributed by atoms with Crippen molar-refractivity contribution in [2.45, 2.75) is 13.0 Å². The number of nitrogens with two attached hydrogens (primary N) is 1. The van der Waals surface area contributed by atoms with Gasteiger partial charge in [0.15, 0.2) is 0 Å². The molecule has 2 heterocycles. The molecule has 18 heavy (non-hydrogen) atoms. The Kier molecular flexibility index (Phi) is 2.72. The predicted molar refractivity (Wildman–Crippen MR) is 69.2 cm³/mol. The van der Waals surface area contributed by atoms with E-state index in [1.165, 1.54) is 0 Å². The van der Waals surface area contributed by atoms with Gasteiger partial charge in [0.1, 0.15) is 0 Å². The van der Waals surface area contributed by atoms with Gasteiger partial charge >= 0.3 is 0 Å². The van der Waals surface area contributed by atoms with Crippen molar-refractivity contribution in [3.05, 3.63) is 28.4 Å². The van der Waals surface area contributed by atoms with Gasteiger partial charge in [0.05, 0.1) is 22.7 Å². The van der Waals surface area contributed by atoms with E-state index < -0.39 is 0 Å². The molecule has 6 heteroatoms. The van der Waals surface area contributed by atoms with E-state index in [-0.39, 0.29) is 11.8 Å². The van der Waals surface area contributed by atoms with Crippen molar-refractivity contribution >= 4 is 28.4 Å². The maximum atomic E-state index is 11.8. The molecule has 1 aliphatic heterocycles. The van der Waals surface area contributed by atoms with Gasteiger partial charge in [-0.2, -0.15) is 5.10 Å². The third-order valence-corrected chi connectivity index (χ3v) is 3.75. The molecule has 4 N–H and O–H groups in total. The molecular weight excluding hydrogens is 252 g/mol. The molecule has 1 amide bonds. The van der Waals surface area contributed by atoms with Crippen LogP contribution in [0.4, 0.5) is 0 Å². The van der Waals surface area contributed by atoms with Crippen molar-refractivity contribution in [2.75, 3.05) is 6.54 Å². The molecule has 0 saturated carbocycles. The predicted octanol–water partition coefficient (Wildman–Crippen LogP) is 0.963. The second-order valence-corrected chi connectivity index (χ2v) is 4.92. The molecule has 2 aromatic rings. The molecule has 0 radical (unpaired) electrons. The van der Waals surface area contributed by atoms with Crippen molar-refractivity contribution in [3.8, 4) is 0 Å². The molecule has 0 saturated heterocycles. The summed E-state index contributed by atoms with van der Waals surface area (Å²) in [5.41, 5.74) is 8.60. The number of rotatable bonds is 1. The second kappa shape index (κ2) is 4.26.